The highest BCUT2D eigenvalue weighted by atomic mass is 32.2. The molecular formula is C16H19N3S. The van der Waals surface area contributed by atoms with Gasteiger partial charge in [-0.2, -0.15) is 0 Å². The van der Waals surface area contributed by atoms with Gasteiger partial charge in [0.05, 0.1) is 0 Å². The first-order valence-corrected chi connectivity index (χ1v) is 7.27. The first-order chi connectivity index (χ1) is 9.36. The third-order valence-corrected chi connectivity index (χ3v) is 3.96. The molecule has 1 aromatic carbocycles. The van der Waals surface area contributed by atoms with Gasteiger partial charge >= 0.3 is 0 Å². The van der Waals surface area contributed by atoms with Gasteiger partial charge in [-0.25, -0.2) is 0 Å². The molecule has 1 aromatic heterocycles. The molecule has 0 amide bonds. The summed E-state index contributed by atoms with van der Waals surface area (Å²) in [5, 5.41) is 7.41. The van der Waals surface area contributed by atoms with Crippen LogP contribution < -0.4 is 5.73 Å². The van der Waals surface area contributed by atoms with Crippen LogP contribution in [0.25, 0.3) is 0 Å². The highest BCUT2D eigenvalue weighted by molar-refractivity contribution is 7.99. The number of nitrogens with two attached hydrogens (primary N) is 1. The summed E-state index contributed by atoms with van der Waals surface area (Å²) in [4.78, 5) is 6.27. The van der Waals surface area contributed by atoms with E-state index < -0.39 is 0 Å². The van der Waals surface area contributed by atoms with Gasteiger partial charge in [0.25, 0.3) is 0 Å². The Kier molecular flexibility index (Phi) is 4.14. The molecule has 3 nitrogen and oxygen atoms in total. The fourth-order valence-electron chi connectivity index (χ4n) is 1.78. The van der Waals surface area contributed by atoms with Crippen molar-refractivity contribution < 1.29 is 0 Å². The minimum atomic E-state index is -0.00414. The Bertz CT molecular complexity index is 612. The van der Waals surface area contributed by atoms with Gasteiger partial charge < -0.3 is 5.73 Å². The fraction of sp³-hybridized carbons (Fsp3) is 0.250. The molecule has 2 rings (SSSR count). The topological polar surface area (TPSA) is 62.8 Å². The van der Waals surface area contributed by atoms with Gasteiger partial charge in [-0.05, 0) is 35.2 Å². The summed E-state index contributed by atoms with van der Waals surface area (Å²) in [6.45, 7) is 6.62. The van der Waals surface area contributed by atoms with E-state index in [1.165, 1.54) is 10.5 Å². The standard InChI is InChI=1S/C16H19N3S/c1-16(2,3)11-4-6-12(7-5-11)20-13-8-9-19-14(10-13)15(17)18/h4-10H,1-3H3,(H3,17,18). The lowest BCUT2D eigenvalue weighted by molar-refractivity contribution is 0.590. The van der Waals surface area contributed by atoms with Gasteiger partial charge in [0.2, 0.25) is 0 Å². The summed E-state index contributed by atoms with van der Waals surface area (Å²) in [5.74, 6) is -0.00414. The van der Waals surface area contributed by atoms with E-state index in [2.05, 4.69) is 50.0 Å². The third-order valence-electron chi connectivity index (χ3n) is 2.96. The Hall–Kier alpha value is -1.81. The minimum Gasteiger partial charge on any atom is -0.382 e. The molecule has 20 heavy (non-hydrogen) atoms. The van der Waals surface area contributed by atoms with Crippen LogP contribution >= 0.6 is 11.8 Å². The van der Waals surface area contributed by atoms with Crippen molar-refractivity contribution in [1.29, 1.82) is 5.41 Å². The lowest BCUT2D eigenvalue weighted by Crippen LogP contribution is -2.12. The number of hydrogen-bond donors (Lipinski definition) is 2. The second kappa shape index (κ2) is 5.67. The molecule has 4 heteroatoms. The van der Waals surface area contributed by atoms with Crippen LogP contribution in [-0.2, 0) is 5.41 Å². The molecule has 0 spiro atoms. The van der Waals surface area contributed by atoms with Crippen molar-refractivity contribution in [3.8, 4) is 0 Å². The molecule has 0 aliphatic carbocycles. The Morgan fingerprint density at radius 3 is 2.30 bits per heavy atom. The summed E-state index contributed by atoms with van der Waals surface area (Å²) in [5.41, 5.74) is 7.46. The van der Waals surface area contributed by atoms with Crippen molar-refractivity contribution in [1.82, 2.24) is 4.98 Å². The molecule has 2 aromatic rings. The quantitative estimate of drug-likeness (QED) is 0.665. The number of rotatable bonds is 3. The van der Waals surface area contributed by atoms with Crippen molar-refractivity contribution >= 4 is 17.6 Å². The molecular weight excluding hydrogens is 266 g/mol. The summed E-state index contributed by atoms with van der Waals surface area (Å²) < 4.78 is 0. The van der Waals surface area contributed by atoms with Crippen molar-refractivity contribution in [2.24, 2.45) is 5.73 Å². The average molecular weight is 285 g/mol. The number of nitrogens with one attached hydrogen (secondary N) is 1. The van der Waals surface area contributed by atoms with Crippen LogP contribution in [-0.4, -0.2) is 10.8 Å². The van der Waals surface area contributed by atoms with Gasteiger partial charge in [0, 0.05) is 16.0 Å². The highest BCUT2D eigenvalue weighted by Gasteiger charge is 2.13. The molecule has 104 valence electrons. The number of amidine groups is 1. The Balaban J connectivity index is 2.18. The zero-order valence-corrected chi connectivity index (χ0v) is 12.8. The van der Waals surface area contributed by atoms with Crippen molar-refractivity contribution in [2.45, 2.75) is 36.0 Å². The Morgan fingerprint density at radius 1 is 1.10 bits per heavy atom. The van der Waals surface area contributed by atoms with Crippen molar-refractivity contribution in [3.05, 3.63) is 53.9 Å². The molecule has 0 radical (unpaired) electrons. The molecule has 0 fully saturated rings. The highest BCUT2D eigenvalue weighted by Crippen LogP contribution is 2.30. The van der Waals surface area contributed by atoms with Crippen LogP contribution in [0.3, 0.4) is 0 Å². The zero-order chi connectivity index (χ0) is 14.8. The molecule has 0 unspecified atom stereocenters. The van der Waals surface area contributed by atoms with Gasteiger partial charge in [-0.3, -0.25) is 10.4 Å². The van der Waals surface area contributed by atoms with Crippen LogP contribution in [0.15, 0.2) is 52.4 Å². The number of aromatic nitrogens is 1. The van der Waals surface area contributed by atoms with E-state index in [0.29, 0.717) is 5.69 Å². The van der Waals surface area contributed by atoms with E-state index in [-0.39, 0.29) is 11.3 Å². The lowest BCUT2D eigenvalue weighted by atomic mass is 9.87. The molecule has 1 heterocycles. The number of nitrogens with zero attached hydrogens (tertiary/aromatic N) is 1. The molecule has 0 aliphatic rings. The maximum absolute atomic E-state index is 7.41. The Labute approximate surface area is 124 Å². The van der Waals surface area contributed by atoms with Crippen LogP contribution in [0, 0.1) is 5.41 Å². The van der Waals surface area contributed by atoms with Crippen molar-refractivity contribution in [2.75, 3.05) is 0 Å². The predicted octanol–water partition coefficient (Wildman–Crippen LogP) is 3.81. The zero-order valence-electron chi connectivity index (χ0n) is 12.0. The van der Waals surface area contributed by atoms with E-state index in [1.807, 2.05) is 12.1 Å². The normalized spacial score (nSPS) is 11.3. The molecule has 0 atom stereocenters. The number of benzene rings is 1. The minimum absolute atomic E-state index is 0.00414. The summed E-state index contributed by atoms with van der Waals surface area (Å²) in [6, 6.07) is 12.3. The van der Waals surface area contributed by atoms with E-state index in [1.54, 1.807) is 18.0 Å². The van der Waals surface area contributed by atoms with Crippen LogP contribution in [0.2, 0.25) is 0 Å². The molecule has 0 aliphatic heterocycles. The second-order valence-corrected chi connectivity index (χ2v) is 6.81. The first-order valence-electron chi connectivity index (χ1n) is 6.45. The largest absolute Gasteiger partial charge is 0.382 e. The summed E-state index contributed by atoms with van der Waals surface area (Å²) in [6.07, 6.45) is 1.68. The van der Waals surface area contributed by atoms with E-state index >= 15 is 0 Å². The van der Waals surface area contributed by atoms with E-state index in [0.717, 1.165) is 4.90 Å². The molecule has 3 N–H and O–H groups in total. The predicted molar refractivity (Wildman–Crippen MR) is 84.5 cm³/mol. The smallest absolute Gasteiger partial charge is 0.141 e. The van der Waals surface area contributed by atoms with E-state index in [4.69, 9.17) is 11.1 Å². The number of nitrogen functional groups attached to an aromatic ring is 1. The van der Waals surface area contributed by atoms with Crippen molar-refractivity contribution in [3.63, 3.8) is 0 Å². The maximum atomic E-state index is 7.41. The first kappa shape index (κ1) is 14.6. The summed E-state index contributed by atoms with van der Waals surface area (Å²) >= 11 is 1.65. The number of hydrogen-bond acceptors (Lipinski definition) is 3. The molecule has 0 bridgehead atoms. The lowest BCUT2D eigenvalue weighted by Gasteiger charge is -2.19. The van der Waals surface area contributed by atoms with Gasteiger partial charge in [0.15, 0.2) is 0 Å². The van der Waals surface area contributed by atoms with Crippen LogP contribution in [0.5, 0.6) is 0 Å². The van der Waals surface area contributed by atoms with Crippen LogP contribution in [0.4, 0.5) is 0 Å². The third kappa shape index (κ3) is 3.61. The van der Waals surface area contributed by atoms with Gasteiger partial charge in [0.1, 0.15) is 11.5 Å². The number of pyridine rings is 1. The Morgan fingerprint density at radius 2 is 1.75 bits per heavy atom. The molecule has 0 saturated carbocycles. The SMILES string of the molecule is CC(C)(C)c1ccc(Sc2ccnc(C(=N)N)c2)cc1. The monoisotopic (exact) mass is 285 g/mol. The van der Waals surface area contributed by atoms with Gasteiger partial charge in [-0.1, -0.05) is 44.7 Å². The van der Waals surface area contributed by atoms with Crippen LogP contribution in [0.1, 0.15) is 32.0 Å². The average Bonchev–Trinajstić information content (AvgIpc) is 2.38. The van der Waals surface area contributed by atoms with E-state index in [9.17, 15) is 0 Å². The maximum Gasteiger partial charge on any atom is 0.141 e. The fourth-order valence-corrected chi connectivity index (χ4v) is 2.62. The second-order valence-electron chi connectivity index (χ2n) is 5.67. The summed E-state index contributed by atoms with van der Waals surface area (Å²) in [7, 11) is 0. The molecule has 0 saturated heterocycles. The van der Waals surface area contributed by atoms with Gasteiger partial charge in [-0.15, -0.1) is 0 Å².